The molecule has 9 heteroatoms. The maximum Gasteiger partial charge on any atom is 0.251 e. The summed E-state index contributed by atoms with van der Waals surface area (Å²) in [6.07, 6.45) is 1.67. The molecule has 0 aliphatic carbocycles. The third kappa shape index (κ3) is 5.27. The van der Waals surface area contributed by atoms with E-state index in [9.17, 15) is 13.2 Å². The largest absolute Gasteiger partial charge is 0.481 e. The summed E-state index contributed by atoms with van der Waals surface area (Å²) in [5, 5.41) is 11.2. The number of sulfonamides is 1. The molecule has 0 atom stereocenters. The average molecular weight is 374 g/mol. The molecule has 26 heavy (non-hydrogen) atoms. The minimum atomic E-state index is -3.69. The Morgan fingerprint density at radius 1 is 1.27 bits per heavy atom. The number of rotatable bonds is 8. The molecule has 0 aliphatic rings. The van der Waals surface area contributed by atoms with Gasteiger partial charge in [-0.3, -0.25) is 4.79 Å². The summed E-state index contributed by atoms with van der Waals surface area (Å²) < 4.78 is 31.4. The SMILES string of the molecule is COc1cc(CNC(=O)c2ccc(S(=O)(=O)NCCC#N)cc2)ccn1. The molecule has 0 saturated heterocycles. The standard InChI is InChI=1S/C17H18N4O4S/c1-25-16-11-13(7-10-19-16)12-20-17(22)14-3-5-15(6-4-14)26(23,24)21-9-2-8-18/h3-7,10-11,21H,2,9,12H2,1H3,(H,20,22). The van der Waals surface area contributed by atoms with Gasteiger partial charge in [0.1, 0.15) is 0 Å². The normalized spacial score (nSPS) is 10.8. The summed E-state index contributed by atoms with van der Waals surface area (Å²) in [6.45, 7) is 0.323. The Bertz CT molecular complexity index is 905. The van der Waals surface area contributed by atoms with E-state index in [1.165, 1.54) is 31.4 Å². The van der Waals surface area contributed by atoms with Crippen LogP contribution in [-0.4, -0.2) is 33.0 Å². The van der Waals surface area contributed by atoms with E-state index < -0.39 is 10.0 Å². The molecule has 1 amide bonds. The Balaban J connectivity index is 1.99. The fourth-order valence-corrected chi connectivity index (χ4v) is 3.10. The Morgan fingerprint density at radius 2 is 2.00 bits per heavy atom. The van der Waals surface area contributed by atoms with E-state index in [1.54, 1.807) is 18.3 Å². The lowest BCUT2D eigenvalue weighted by Crippen LogP contribution is -2.25. The number of methoxy groups -OCH3 is 1. The van der Waals surface area contributed by atoms with Crippen molar-refractivity contribution in [2.45, 2.75) is 17.9 Å². The van der Waals surface area contributed by atoms with Gasteiger partial charge in [-0.15, -0.1) is 0 Å². The van der Waals surface area contributed by atoms with Crippen LogP contribution in [0.2, 0.25) is 0 Å². The number of carbonyl (C=O) groups is 1. The molecule has 2 N–H and O–H groups in total. The number of hydrogen-bond donors (Lipinski definition) is 2. The minimum Gasteiger partial charge on any atom is -0.481 e. The molecule has 2 aromatic rings. The number of carbonyl (C=O) groups excluding carboxylic acids is 1. The van der Waals surface area contributed by atoms with Gasteiger partial charge in [-0.05, 0) is 35.9 Å². The van der Waals surface area contributed by atoms with Gasteiger partial charge < -0.3 is 10.1 Å². The molecule has 0 fully saturated rings. The van der Waals surface area contributed by atoms with Crippen LogP contribution in [0.25, 0.3) is 0 Å². The molecule has 1 heterocycles. The first-order valence-electron chi connectivity index (χ1n) is 7.70. The number of aromatic nitrogens is 1. The van der Waals surface area contributed by atoms with Gasteiger partial charge in [-0.25, -0.2) is 18.1 Å². The smallest absolute Gasteiger partial charge is 0.251 e. The van der Waals surface area contributed by atoms with Crippen LogP contribution >= 0.6 is 0 Å². The lowest BCUT2D eigenvalue weighted by molar-refractivity contribution is 0.0950. The van der Waals surface area contributed by atoms with Crippen LogP contribution < -0.4 is 14.8 Å². The van der Waals surface area contributed by atoms with Gasteiger partial charge >= 0.3 is 0 Å². The number of nitrogens with one attached hydrogen (secondary N) is 2. The molecule has 8 nitrogen and oxygen atoms in total. The molecule has 2 rings (SSSR count). The monoisotopic (exact) mass is 374 g/mol. The Kier molecular flexibility index (Phi) is 6.66. The predicted molar refractivity (Wildman–Crippen MR) is 93.8 cm³/mol. The maximum atomic E-state index is 12.2. The van der Waals surface area contributed by atoms with Crippen molar-refractivity contribution in [1.82, 2.24) is 15.0 Å². The van der Waals surface area contributed by atoms with Crippen molar-refractivity contribution < 1.29 is 17.9 Å². The van der Waals surface area contributed by atoms with E-state index in [0.29, 0.717) is 11.4 Å². The first-order chi connectivity index (χ1) is 12.5. The molecule has 1 aromatic carbocycles. The first kappa shape index (κ1) is 19.4. The third-order valence-electron chi connectivity index (χ3n) is 3.42. The summed E-state index contributed by atoms with van der Waals surface area (Å²) in [5.41, 5.74) is 1.16. The molecule has 136 valence electrons. The molecule has 0 saturated carbocycles. The molecule has 0 unspecified atom stereocenters. The van der Waals surface area contributed by atoms with Crippen molar-refractivity contribution >= 4 is 15.9 Å². The predicted octanol–water partition coefficient (Wildman–Crippen LogP) is 1.21. The minimum absolute atomic E-state index is 0.0332. The van der Waals surface area contributed by atoms with E-state index in [1.807, 2.05) is 6.07 Å². The van der Waals surface area contributed by atoms with Crippen molar-refractivity contribution in [3.63, 3.8) is 0 Å². The summed E-state index contributed by atoms with van der Waals surface area (Å²) >= 11 is 0. The van der Waals surface area contributed by atoms with Crippen LogP contribution in [0.3, 0.4) is 0 Å². The lowest BCUT2D eigenvalue weighted by Gasteiger charge is -2.08. The topological polar surface area (TPSA) is 121 Å². The number of pyridine rings is 1. The highest BCUT2D eigenvalue weighted by molar-refractivity contribution is 7.89. The van der Waals surface area contributed by atoms with Gasteiger partial charge in [0.15, 0.2) is 0 Å². The second kappa shape index (κ2) is 8.94. The van der Waals surface area contributed by atoms with Crippen LogP contribution in [0.4, 0.5) is 0 Å². The second-order valence-corrected chi connectivity index (χ2v) is 6.99. The zero-order valence-electron chi connectivity index (χ0n) is 14.1. The molecule has 0 bridgehead atoms. The van der Waals surface area contributed by atoms with Gasteiger partial charge in [0.25, 0.3) is 5.91 Å². The summed E-state index contributed by atoms with van der Waals surface area (Å²) in [6, 6.07) is 10.9. The highest BCUT2D eigenvalue weighted by atomic mass is 32.2. The fraction of sp³-hybridized carbons (Fsp3) is 0.235. The van der Waals surface area contributed by atoms with Gasteiger partial charge in [0.2, 0.25) is 15.9 Å². The van der Waals surface area contributed by atoms with E-state index in [-0.39, 0.29) is 30.3 Å². The zero-order chi connectivity index (χ0) is 19.0. The highest BCUT2D eigenvalue weighted by Gasteiger charge is 2.14. The fourth-order valence-electron chi connectivity index (χ4n) is 2.07. The van der Waals surface area contributed by atoms with Crippen molar-refractivity contribution in [1.29, 1.82) is 5.26 Å². The molecule has 0 aliphatic heterocycles. The number of nitriles is 1. The molecular weight excluding hydrogens is 356 g/mol. The summed E-state index contributed by atoms with van der Waals surface area (Å²) in [4.78, 5) is 16.2. The van der Waals surface area contributed by atoms with Crippen molar-refractivity contribution in [3.8, 4) is 11.9 Å². The van der Waals surface area contributed by atoms with Crippen LogP contribution in [0, 0.1) is 11.3 Å². The quantitative estimate of drug-likeness (QED) is 0.670. The maximum absolute atomic E-state index is 12.2. The molecular formula is C17H18N4O4S. The Hall–Kier alpha value is -2.96. The van der Waals surface area contributed by atoms with Gasteiger partial charge in [-0.2, -0.15) is 5.26 Å². The van der Waals surface area contributed by atoms with E-state index in [0.717, 1.165) is 5.56 Å². The first-order valence-corrected chi connectivity index (χ1v) is 9.18. The Morgan fingerprint density at radius 3 is 2.65 bits per heavy atom. The van der Waals surface area contributed by atoms with Crippen LogP contribution in [0.1, 0.15) is 22.3 Å². The number of amides is 1. The van der Waals surface area contributed by atoms with Crippen molar-refractivity contribution in [2.24, 2.45) is 0 Å². The number of benzene rings is 1. The van der Waals surface area contributed by atoms with E-state index in [2.05, 4.69) is 15.0 Å². The Labute approximate surface area is 151 Å². The molecule has 0 spiro atoms. The second-order valence-electron chi connectivity index (χ2n) is 5.22. The number of hydrogen-bond acceptors (Lipinski definition) is 6. The van der Waals surface area contributed by atoms with Crippen LogP contribution in [0.15, 0.2) is 47.5 Å². The summed E-state index contributed by atoms with van der Waals surface area (Å²) in [5.74, 6) is 0.123. The van der Waals surface area contributed by atoms with Crippen LogP contribution in [0.5, 0.6) is 5.88 Å². The highest BCUT2D eigenvalue weighted by Crippen LogP contribution is 2.12. The average Bonchev–Trinajstić information content (AvgIpc) is 2.66. The third-order valence-corrected chi connectivity index (χ3v) is 4.89. The zero-order valence-corrected chi connectivity index (χ0v) is 14.9. The number of ether oxygens (including phenoxy) is 1. The van der Waals surface area contributed by atoms with Crippen molar-refractivity contribution in [2.75, 3.05) is 13.7 Å². The lowest BCUT2D eigenvalue weighted by atomic mass is 10.2. The number of nitrogens with zero attached hydrogens (tertiary/aromatic N) is 2. The molecule has 0 radical (unpaired) electrons. The van der Waals surface area contributed by atoms with E-state index in [4.69, 9.17) is 10.00 Å². The van der Waals surface area contributed by atoms with Crippen molar-refractivity contribution in [3.05, 3.63) is 53.7 Å². The molecule has 1 aromatic heterocycles. The van der Waals surface area contributed by atoms with Crippen LogP contribution in [-0.2, 0) is 16.6 Å². The summed E-state index contributed by atoms with van der Waals surface area (Å²) in [7, 11) is -2.18. The van der Waals surface area contributed by atoms with E-state index >= 15 is 0 Å². The van der Waals surface area contributed by atoms with Gasteiger partial charge in [-0.1, -0.05) is 0 Å². The van der Waals surface area contributed by atoms with Gasteiger partial charge in [0.05, 0.1) is 18.1 Å². The van der Waals surface area contributed by atoms with Gasteiger partial charge in [0, 0.05) is 37.3 Å².